The number of benzene rings is 1. The summed E-state index contributed by atoms with van der Waals surface area (Å²) in [7, 11) is 0. The van der Waals surface area contributed by atoms with E-state index in [1.165, 1.54) is 13.0 Å². The van der Waals surface area contributed by atoms with E-state index in [-0.39, 0.29) is 17.2 Å². The van der Waals surface area contributed by atoms with Crippen LogP contribution in [0.25, 0.3) is 10.8 Å². The minimum atomic E-state index is -0.924. The highest BCUT2D eigenvalue weighted by atomic mass is 16.5. The molecule has 21 heavy (non-hydrogen) atoms. The minimum absolute atomic E-state index is 0.0230. The van der Waals surface area contributed by atoms with E-state index in [1.54, 1.807) is 31.2 Å². The van der Waals surface area contributed by atoms with Crippen molar-refractivity contribution in [1.29, 1.82) is 0 Å². The number of nitrogens with one attached hydrogen (secondary N) is 2. The first-order valence-corrected chi connectivity index (χ1v) is 6.63. The molecular weight excluding hydrogens is 272 g/mol. The predicted molar refractivity (Wildman–Crippen MR) is 78.1 cm³/mol. The lowest BCUT2D eigenvalue weighted by molar-refractivity contribution is -0.128. The molecule has 2 N–H and O–H groups in total. The van der Waals surface area contributed by atoms with Gasteiger partial charge in [-0.05, 0) is 31.4 Å². The Morgan fingerprint density at radius 2 is 2.05 bits per heavy atom. The van der Waals surface area contributed by atoms with Crippen molar-refractivity contribution in [2.75, 3.05) is 6.54 Å². The van der Waals surface area contributed by atoms with Crippen LogP contribution in [0.15, 0.2) is 35.1 Å². The molecule has 1 aromatic carbocycles. The second-order valence-corrected chi connectivity index (χ2v) is 4.54. The van der Waals surface area contributed by atoms with Crippen LogP contribution in [0.4, 0.5) is 0 Å². The largest absolute Gasteiger partial charge is 0.448 e. The Bertz CT molecular complexity index is 736. The van der Waals surface area contributed by atoms with Gasteiger partial charge in [0.05, 0.1) is 0 Å². The van der Waals surface area contributed by atoms with Crippen molar-refractivity contribution in [3.8, 4) is 0 Å². The van der Waals surface area contributed by atoms with E-state index in [0.29, 0.717) is 17.3 Å². The number of fused-ring (bicyclic) bond motifs is 1. The number of rotatable bonds is 4. The van der Waals surface area contributed by atoms with Crippen molar-refractivity contribution in [2.24, 2.45) is 0 Å². The highest BCUT2D eigenvalue weighted by Crippen LogP contribution is 2.11. The molecule has 1 amide bonds. The Kier molecular flexibility index (Phi) is 4.37. The van der Waals surface area contributed by atoms with Crippen LogP contribution in [0.1, 0.15) is 24.3 Å². The number of carbonyl (C=O) groups excluding carboxylic acids is 2. The Hall–Kier alpha value is -2.63. The lowest BCUT2D eigenvalue weighted by Crippen LogP contribution is -2.35. The topological polar surface area (TPSA) is 88.3 Å². The molecule has 0 bridgehead atoms. The summed E-state index contributed by atoms with van der Waals surface area (Å²) in [4.78, 5) is 37.9. The second-order valence-electron chi connectivity index (χ2n) is 4.54. The maximum absolute atomic E-state index is 12.0. The number of hydrogen-bond donors (Lipinski definition) is 2. The van der Waals surface area contributed by atoms with E-state index >= 15 is 0 Å². The molecule has 0 unspecified atom stereocenters. The van der Waals surface area contributed by atoms with Gasteiger partial charge in [-0.3, -0.25) is 9.59 Å². The monoisotopic (exact) mass is 288 g/mol. The van der Waals surface area contributed by atoms with E-state index in [9.17, 15) is 14.4 Å². The summed E-state index contributed by atoms with van der Waals surface area (Å²) in [5.74, 6) is -1.12. The number of esters is 1. The first kappa shape index (κ1) is 14.8. The Morgan fingerprint density at radius 3 is 2.76 bits per heavy atom. The number of aromatic nitrogens is 1. The molecule has 0 fully saturated rings. The molecule has 0 aliphatic rings. The van der Waals surface area contributed by atoms with Crippen molar-refractivity contribution >= 4 is 22.6 Å². The first-order chi connectivity index (χ1) is 10.0. The van der Waals surface area contributed by atoms with Crippen LogP contribution in [0.2, 0.25) is 0 Å². The maximum atomic E-state index is 12.0. The fraction of sp³-hybridized carbons (Fsp3) is 0.267. The van der Waals surface area contributed by atoms with Gasteiger partial charge < -0.3 is 15.0 Å². The molecule has 6 heteroatoms. The summed E-state index contributed by atoms with van der Waals surface area (Å²) in [5, 5.41) is 3.68. The second kappa shape index (κ2) is 6.21. The Balaban J connectivity index is 2.24. The molecule has 1 heterocycles. The van der Waals surface area contributed by atoms with Gasteiger partial charge in [0.1, 0.15) is 5.69 Å². The average Bonchev–Trinajstić information content (AvgIpc) is 2.47. The number of pyridine rings is 1. The molecule has 2 rings (SSSR count). The van der Waals surface area contributed by atoms with E-state index in [1.807, 2.05) is 0 Å². The summed E-state index contributed by atoms with van der Waals surface area (Å²) >= 11 is 0. The summed E-state index contributed by atoms with van der Waals surface area (Å²) < 4.78 is 5.03. The highest BCUT2D eigenvalue weighted by molar-refractivity contribution is 5.94. The van der Waals surface area contributed by atoms with Gasteiger partial charge in [-0.25, -0.2) is 4.79 Å². The lowest BCUT2D eigenvalue weighted by Gasteiger charge is -2.12. The lowest BCUT2D eigenvalue weighted by atomic mass is 10.1. The van der Waals surface area contributed by atoms with Crippen LogP contribution >= 0.6 is 0 Å². The van der Waals surface area contributed by atoms with E-state index in [4.69, 9.17) is 4.74 Å². The molecular formula is C15H16N2O4. The molecule has 2 aromatic rings. The number of likely N-dealkylation sites (N-methyl/N-ethyl adjacent to an activating group) is 1. The minimum Gasteiger partial charge on any atom is -0.448 e. The van der Waals surface area contributed by atoms with Crippen LogP contribution in [0, 0.1) is 0 Å². The summed E-state index contributed by atoms with van der Waals surface area (Å²) in [6, 6.07) is 8.44. The van der Waals surface area contributed by atoms with Crippen molar-refractivity contribution < 1.29 is 14.3 Å². The van der Waals surface area contributed by atoms with Crippen LogP contribution in [0.3, 0.4) is 0 Å². The number of amides is 1. The molecule has 6 nitrogen and oxygen atoms in total. The number of hydrogen-bond acceptors (Lipinski definition) is 4. The fourth-order valence-electron chi connectivity index (χ4n) is 1.92. The molecule has 0 saturated carbocycles. The van der Waals surface area contributed by atoms with Crippen molar-refractivity contribution in [1.82, 2.24) is 10.3 Å². The SMILES string of the molecule is CCNC(=O)[C@@H](C)OC(=O)c1cc2ccccc2c(=O)[nH]1. The number of ether oxygens (including phenoxy) is 1. The van der Waals surface area contributed by atoms with Crippen LogP contribution in [-0.4, -0.2) is 29.5 Å². The van der Waals surface area contributed by atoms with Gasteiger partial charge in [-0.2, -0.15) is 0 Å². The maximum Gasteiger partial charge on any atom is 0.355 e. The Morgan fingerprint density at radius 1 is 1.33 bits per heavy atom. The Labute approximate surface area is 121 Å². The molecule has 0 saturated heterocycles. The van der Waals surface area contributed by atoms with Crippen LogP contribution in [0.5, 0.6) is 0 Å². The van der Waals surface area contributed by atoms with E-state index in [2.05, 4.69) is 10.3 Å². The third-order valence-electron chi connectivity index (χ3n) is 2.98. The van der Waals surface area contributed by atoms with Crippen molar-refractivity contribution in [3.05, 3.63) is 46.4 Å². The molecule has 110 valence electrons. The standard InChI is InChI=1S/C15H16N2O4/c1-3-16-13(18)9(2)21-15(20)12-8-10-6-4-5-7-11(10)14(19)17-12/h4-9H,3H2,1-2H3,(H,16,18)(H,17,19)/t9-/m1/s1. The van der Waals surface area contributed by atoms with Gasteiger partial charge in [0.2, 0.25) is 0 Å². The zero-order valence-electron chi connectivity index (χ0n) is 11.8. The van der Waals surface area contributed by atoms with Crippen LogP contribution in [-0.2, 0) is 9.53 Å². The average molecular weight is 288 g/mol. The summed E-state index contributed by atoms with van der Waals surface area (Å²) in [5.41, 5.74) is -0.347. The number of H-pyrrole nitrogens is 1. The van der Waals surface area contributed by atoms with Gasteiger partial charge in [0, 0.05) is 11.9 Å². The predicted octanol–water partition coefficient (Wildman–Crippen LogP) is 1.21. The van der Waals surface area contributed by atoms with Crippen molar-refractivity contribution in [3.63, 3.8) is 0 Å². The molecule has 0 aliphatic carbocycles. The number of carbonyl (C=O) groups is 2. The summed E-state index contributed by atoms with van der Waals surface area (Å²) in [6.45, 7) is 3.70. The van der Waals surface area contributed by atoms with Gasteiger partial charge in [0.25, 0.3) is 11.5 Å². The molecule has 0 spiro atoms. The van der Waals surface area contributed by atoms with Crippen LogP contribution < -0.4 is 10.9 Å². The van der Waals surface area contributed by atoms with Crippen molar-refractivity contribution in [2.45, 2.75) is 20.0 Å². The smallest absolute Gasteiger partial charge is 0.355 e. The zero-order valence-corrected chi connectivity index (χ0v) is 11.8. The number of aromatic amines is 1. The summed E-state index contributed by atoms with van der Waals surface area (Å²) in [6.07, 6.45) is -0.924. The molecule has 0 aliphatic heterocycles. The first-order valence-electron chi connectivity index (χ1n) is 6.63. The molecule has 0 radical (unpaired) electrons. The quantitative estimate of drug-likeness (QED) is 0.828. The van der Waals surface area contributed by atoms with Gasteiger partial charge in [-0.1, -0.05) is 18.2 Å². The van der Waals surface area contributed by atoms with Gasteiger partial charge in [0.15, 0.2) is 6.10 Å². The normalized spacial score (nSPS) is 11.9. The van der Waals surface area contributed by atoms with Gasteiger partial charge in [-0.15, -0.1) is 0 Å². The van der Waals surface area contributed by atoms with Gasteiger partial charge >= 0.3 is 5.97 Å². The third kappa shape index (κ3) is 3.28. The molecule has 1 atom stereocenters. The van der Waals surface area contributed by atoms with E-state index in [0.717, 1.165) is 0 Å². The fourth-order valence-corrected chi connectivity index (χ4v) is 1.92. The zero-order chi connectivity index (χ0) is 15.4. The van der Waals surface area contributed by atoms with E-state index < -0.39 is 12.1 Å². The third-order valence-corrected chi connectivity index (χ3v) is 2.98. The molecule has 1 aromatic heterocycles. The highest BCUT2D eigenvalue weighted by Gasteiger charge is 2.19.